The monoisotopic (exact) mass is 319 g/mol. The van der Waals surface area contributed by atoms with Crippen molar-refractivity contribution in [2.24, 2.45) is 0 Å². The van der Waals surface area contributed by atoms with Gasteiger partial charge in [0.2, 0.25) is 0 Å². The topological polar surface area (TPSA) is 20.2 Å². The summed E-state index contributed by atoms with van der Waals surface area (Å²) in [4.78, 5) is 0. The molecule has 2 aromatic rings. The van der Waals surface area contributed by atoms with Crippen molar-refractivity contribution in [3.63, 3.8) is 0 Å². The average molecular weight is 319 g/mol. The van der Waals surface area contributed by atoms with Crippen molar-refractivity contribution in [3.8, 4) is 0 Å². The van der Waals surface area contributed by atoms with Crippen molar-refractivity contribution < 1.29 is 37.8 Å². The van der Waals surface area contributed by atoms with Gasteiger partial charge in [-0.25, -0.2) is 0 Å². The third-order valence-electron chi connectivity index (χ3n) is 2.09. The molecule has 0 aliphatic carbocycles. The van der Waals surface area contributed by atoms with Gasteiger partial charge in [0.25, 0.3) is 0 Å². The molecule has 95 valence electrons. The third kappa shape index (κ3) is 8.57. The van der Waals surface area contributed by atoms with Crippen LogP contribution in [-0.4, -0.2) is 12.2 Å². The molecule has 2 heteroatoms. The van der Waals surface area contributed by atoms with Crippen LogP contribution in [0.2, 0.25) is 0 Å². The molecule has 0 saturated heterocycles. The van der Waals surface area contributed by atoms with Gasteiger partial charge in [-0.1, -0.05) is 74.5 Å². The number of hydrogen-bond donors (Lipinski definition) is 1. The van der Waals surface area contributed by atoms with E-state index in [4.69, 9.17) is 5.11 Å². The molecule has 2 rings (SSSR count). The van der Waals surface area contributed by atoms with E-state index in [-0.39, 0.29) is 32.7 Å². The molecule has 18 heavy (non-hydrogen) atoms. The van der Waals surface area contributed by atoms with Crippen molar-refractivity contribution in [2.75, 3.05) is 7.11 Å². The van der Waals surface area contributed by atoms with Crippen LogP contribution in [-0.2, 0) is 39.1 Å². The van der Waals surface area contributed by atoms with Crippen LogP contribution < -0.4 is 0 Å². The Kier molecular flexibility index (Phi) is 16.0. The second-order valence-corrected chi connectivity index (χ2v) is 3.15. The van der Waals surface area contributed by atoms with Crippen LogP contribution in [0.15, 0.2) is 60.7 Å². The van der Waals surface area contributed by atoms with Gasteiger partial charge in [-0.2, -0.15) is 0 Å². The quantitative estimate of drug-likeness (QED) is 0.890. The first-order valence-corrected chi connectivity index (χ1v) is 5.98. The first-order valence-electron chi connectivity index (χ1n) is 5.98. The maximum atomic E-state index is 7.00. The molecule has 2 aromatic carbocycles. The van der Waals surface area contributed by atoms with Crippen LogP contribution in [0.4, 0.5) is 0 Å². The van der Waals surface area contributed by atoms with E-state index in [0.717, 1.165) is 13.5 Å². The molecule has 1 radical (unpaired) electrons. The summed E-state index contributed by atoms with van der Waals surface area (Å²) in [6, 6.07) is 21.1. The summed E-state index contributed by atoms with van der Waals surface area (Å²) in [5, 5.41) is 7.00. The van der Waals surface area contributed by atoms with Crippen molar-refractivity contribution in [3.05, 3.63) is 71.8 Å². The van der Waals surface area contributed by atoms with E-state index in [1.807, 2.05) is 13.8 Å². The molecule has 0 unspecified atom stereocenters. The Balaban J connectivity index is 0. The van der Waals surface area contributed by atoms with Crippen LogP contribution >= 0.6 is 0 Å². The van der Waals surface area contributed by atoms with E-state index < -0.39 is 0 Å². The van der Waals surface area contributed by atoms with Gasteiger partial charge in [0.1, 0.15) is 0 Å². The summed E-state index contributed by atoms with van der Waals surface area (Å²) in [6.45, 7) is 4.00. The van der Waals surface area contributed by atoms with Gasteiger partial charge < -0.3 is 5.11 Å². The van der Waals surface area contributed by atoms with E-state index >= 15 is 0 Å². The third-order valence-corrected chi connectivity index (χ3v) is 2.09. The van der Waals surface area contributed by atoms with Crippen molar-refractivity contribution >= 4 is 0 Å². The van der Waals surface area contributed by atoms with E-state index in [9.17, 15) is 0 Å². The molecular weight excluding hydrogens is 297 g/mol. The molecule has 0 bridgehead atoms. The molecule has 0 saturated carbocycles. The molecule has 0 spiro atoms. The molecule has 1 N–H and O–H groups in total. The van der Waals surface area contributed by atoms with Crippen LogP contribution in [0.5, 0.6) is 0 Å². The smallest absolute Gasteiger partial charge is 0.0319 e. The van der Waals surface area contributed by atoms with Gasteiger partial charge in [-0.3, -0.25) is 0 Å². The minimum Gasteiger partial charge on any atom is -0.400 e. The summed E-state index contributed by atoms with van der Waals surface area (Å²) in [5.41, 5.74) is 2.74. The van der Waals surface area contributed by atoms with Gasteiger partial charge in [0.05, 0.1) is 0 Å². The zero-order valence-corrected chi connectivity index (χ0v) is 14.3. The van der Waals surface area contributed by atoms with Crippen LogP contribution in [0.1, 0.15) is 25.0 Å². The fourth-order valence-corrected chi connectivity index (χ4v) is 1.43. The van der Waals surface area contributed by atoms with Gasteiger partial charge >= 0.3 is 0 Å². The Morgan fingerprint density at radius 2 is 0.944 bits per heavy atom. The van der Waals surface area contributed by atoms with Gasteiger partial charge in [0, 0.05) is 39.8 Å². The van der Waals surface area contributed by atoms with E-state index in [0.29, 0.717) is 0 Å². The molecule has 0 fully saturated rings. The van der Waals surface area contributed by atoms with Gasteiger partial charge in [0.15, 0.2) is 0 Å². The standard InChI is InChI=1S/C13H12.C2H6.CH4O.Y/c1-3-7-12(8-4-1)11-13-9-5-2-6-10-13;2*1-2;/h1-10H,11H2;1-2H3;2H,1H3;. The van der Waals surface area contributed by atoms with Gasteiger partial charge in [-0.05, 0) is 17.5 Å². The maximum absolute atomic E-state index is 7.00. The van der Waals surface area contributed by atoms with Crippen molar-refractivity contribution in [1.29, 1.82) is 0 Å². The average Bonchev–Trinajstić information content (AvgIpc) is 2.45. The van der Waals surface area contributed by atoms with Crippen LogP contribution in [0.25, 0.3) is 0 Å². The number of hydrogen-bond acceptors (Lipinski definition) is 1. The molecule has 0 amide bonds. The summed E-state index contributed by atoms with van der Waals surface area (Å²) < 4.78 is 0. The minimum absolute atomic E-state index is 0. The minimum atomic E-state index is 0. The Labute approximate surface area is 136 Å². The number of aliphatic hydroxyl groups is 1. The van der Waals surface area contributed by atoms with Crippen LogP contribution in [0, 0.1) is 0 Å². The van der Waals surface area contributed by atoms with Gasteiger partial charge in [-0.15, -0.1) is 0 Å². The molecule has 1 nitrogen and oxygen atoms in total. The van der Waals surface area contributed by atoms with E-state index in [1.54, 1.807) is 0 Å². The molecule has 0 heterocycles. The summed E-state index contributed by atoms with van der Waals surface area (Å²) in [7, 11) is 1.00. The first kappa shape index (κ1) is 19.8. The zero-order chi connectivity index (χ0) is 12.9. The number of rotatable bonds is 2. The largest absolute Gasteiger partial charge is 0.400 e. The summed E-state index contributed by atoms with van der Waals surface area (Å²) >= 11 is 0. The fourth-order valence-electron chi connectivity index (χ4n) is 1.43. The Bertz CT molecular complexity index is 322. The second-order valence-electron chi connectivity index (χ2n) is 3.15. The second kappa shape index (κ2) is 14.6. The Hall–Kier alpha value is -0.496. The summed E-state index contributed by atoms with van der Waals surface area (Å²) in [6.07, 6.45) is 1.03. The molecule has 0 aliphatic rings. The predicted molar refractivity (Wildman–Crippen MR) is 75.2 cm³/mol. The molecule has 0 atom stereocenters. The molecular formula is C16H22OY. The molecule has 0 aromatic heterocycles. The maximum Gasteiger partial charge on any atom is 0.0319 e. The Morgan fingerprint density at radius 1 is 0.667 bits per heavy atom. The SMILES string of the molecule is CC.CO.[Y].c1ccc(Cc2ccccc2)cc1. The number of benzene rings is 2. The zero-order valence-electron chi connectivity index (χ0n) is 11.5. The predicted octanol–water partition coefficient (Wildman–Crippen LogP) is 3.91. The molecule has 0 aliphatic heterocycles. The Morgan fingerprint density at radius 3 is 1.22 bits per heavy atom. The van der Waals surface area contributed by atoms with Crippen LogP contribution in [0.3, 0.4) is 0 Å². The van der Waals surface area contributed by atoms with E-state index in [1.165, 1.54) is 11.1 Å². The normalized spacial score (nSPS) is 7.78. The first-order chi connectivity index (χ1) is 8.45. The number of aliphatic hydroxyl groups excluding tert-OH is 1. The summed E-state index contributed by atoms with van der Waals surface area (Å²) in [5.74, 6) is 0. The van der Waals surface area contributed by atoms with E-state index in [2.05, 4.69) is 60.7 Å². The van der Waals surface area contributed by atoms with Crippen molar-refractivity contribution in [1.82, 2.24) is 0 Å². The fraction of sp³-hybridized carbons (Fsp3) is 0.250. The van der Waals surface area contributed by atoms with Crippen molar-refractivity contribution in [2.45, 2.75) is 20.3 Å².